The Morgan fingerprint density at radius 2 is 1.90 bits per heavy atom. The van der Waals surface area contributed by atoms with Crippen LogP contribution in [0.2, 0.25) is 0 Å². The summed E-state index contributed by atoms with van der Waals surface area (Å²) in [7, 11) is 1.50. The fourth-order valence-electron chi connectivity index (χ4n) is 5.14. The van der Waals surface area contributed by atoms with E-state index < -0.39 is 0 Å². The summed E-state index contributed by atoms with van der Waals surface area (Å²) in [6, 6.07) is -0.211. The van der Waals surface area contributed by atoms with Crippen LogP contribution < -0.4 is 5.56 Å². The molecule has 1 aliphatic carbocycles. The van der Waals surface area contributed by atoms with Crippen molar-refractivity contribution < 1.29 is 14.3 Å². The van der Waals surface area contributed by atoms with Gasteiger partial charge in [-0.2, -0.15) is 0 Å². The molecule has 4 rings (SSSR count). The number of ether oxygens (including phenoxy) is 1. The number of likely N-dealkylation sites (tertiary alicyclic amines) is 1. The number of nitrogens with zero attached hydrogens (tertiary/aromatic N) is 3. The largest absolute Gasteiger partial charge is 0.375 e. The number of amides is 2. The molecule has 2 aliphatic heterocycles. The van der Waals surface area contributed by atoms with Gasteiger partial charge < -0.3 is 19.5 Å². The van der Waals surface area contributed by atoms with Gasteiger partial charge in [-0.1, -0.05) is 19.3 Å². The number of carbonyl (C=O) groups excluding carboxylic acids is 2. The Bertz CT molecular complexity index is 846. The second-order valence-corrected chi connectivity index (χ2v) is 8.83. The van der Waals surface area contributed by atoms with Crippen molar-refractivity contribution in [1.29, 1.82) is 0 Å². The van der Waals surface area contributed by atoms with E-state index in [1.165, 1.54) is 26.4 Å². The quantitative estimate of drug-likeness (QED) is 0.791. The number of fused-ring (bicyclic) bond motifs is 1. The smallest absolute Gasteiger partial charge is 0.256 e. The molecule has 1 aromatic rings. The normalized spacial score (nSPS) is 22.2. The van der Waals surface area contributed by atoms with E-state index in [0.29, 0.717) is 49.8 Å². The second kappa shape index (κ2) is 9.29. The first-order chi connectivity index (χ1) is 14.6. The Morgan fingerprint density at radius 1 is 1.10 bits per heavy atom. The van der Waals surface area contributed by atoms with Gasteiger partial charge in [0.15, 0.2) is 0 Å². The number of aromatic nitrogens is 2. The van der Waals surface area contributed by atoms with Crippen molar-refractivity contribution in [3.8, 4) is 0 Å². The fourth-order valence-corrected chi connectivity index (χ4v) is 5.14. The minimum absolute atomic E-state index is 0.0315. The molecule has 1 saturated heterocycles. The third kappa shape index (κ3) is 4.43. The molecule has 0 radical (unpaired) electrons. The van der Waals surface area contributed by atoms with Crippen LogP contribution >= 0.6 is 0 Å². The topological polar surface area (TPSA) is 95.6 Å². The van der Waals surface area contributed by atoms with E-state index in [2.05, 4.69) is 4.98 Å². The highest BCUT2D eigenvalue weighted by Crippen LogP contribution is 2.31. The summed E-state index contributed by atoms with van der Waals surface area (Å²) in [6.45, 7) is 1.62. The van der Waals surface area contributed by atoms with Gasteiger partial charge in [0.05, 0.1) is 23.8 Å². The summed E-state index contributed by atoms with van der Waals surface area (Å²) >= 11 is 0. The minimum Gasteiger partial charge on any atom is -0.375 e. The van der Waals surface area contributed by atoms with Gasteiger partial charge in [-0.15, -0.1) is 0 Å². The third-order valence-electron chi connectivity index (χ3n) is 6.78. The molecule has 0 bridgehead atoms. The molecule has 1 aromatic heterocycles. The van der Waals surface area contributed by atoms with Gasteiger partial charge >= 0.3 is 0 Å². The molecule has 8 nitrogen and oxygen atoms in total. The summed E-state index contributed by atoms with van der Waals surface area (Å²) in [4.78, 5) is 49.1. The molecule has 1 saturated carbocycles. The summed E-state index contributed by atoms with van der Waals surface area (Å²) in [5.41, 5.74) is 1.17. The van der Waals surface area contributed by atoms with E-state index in [1.807, 2.05) is 4.90 Å². The highest BCUT2D eigenvalue weighted by molar-refractivity contribution is 5.78. The van der Waals surface area contributed by atoms with E-state index >= 15 is 0 Å². The standard InChI is InChI=1S/C22H32N4O4/c1-30-14-20(28)26-10-5-8-18(26)21-23-17-9-11-25(13-16(17)22(29)24-21)19(27)12-15-6-3-2-4-7-15/h15,18H,2-14H2,1H3,(H,23,24,29). The molecule has 3 heterocycles. The lowest BCUT2D eigenvalue weighted by Gasteiger charge is -2.31. The first kappa shape index (κ1) is 21.0. The molecule has 164 valence electrons. The lowest BCUT2D eigenvalue weighted by Crippen LogP contribution is -2.41. The molecule has 3 aliphatic rings. The molecule has 1 unspecified atom stereocenters. The second-order valence-electron chi connectivity index (χ2n) is 8.83. The van der Waals surface area contributed by atoms with Crippen molar-refractivity contribution >= 4 is 11.8 Å². The Kier molecular flexibility index (Phi) is 6.51. The van der Waals surface area contributed by atoms with Gasteiger partial charge in [0.1, 0.15) is 12.4 Å². The molecule has 0 aromatic carbocycles. The van der Waals surface area contributed by atoms with Crippen molar-refractivity contribution in [1.82, 2.24) is 19.8 Å². The van der Waals surface area contributed by atoms with Gasteiger partial charge in [-0.25, -0.2) is 4.98 Å². The Labute approximate surface area is 177 Å². The van der Waals surface area contributed by atoms with Crippen molar-refractivity contribution in [2.75, 3.05) is 26.8 Å². The summed E-state index contributed by atoms with van der Waals surface area (Å²) < 4.78 is 4.98. The molecular formula is C22H32N4O4. The number of hydrogen-bond donors (Lipinski definition) is 1. The predicted molar refractivity (Wildman–Crippen MR) is 111 cm³/mol. The van der Waals surface area contributed by atoms with Gasteiger partial charge in [0, 0.05) is 33.0 Å². The molecule has 8 heteroatoms. The summed E-state index contributed by atoms with van der Waals surface area (Å²) in [6.07, 6.45) is 8.84. The molecule has 30 heavy (non-hydrogen) atoms. The Morgan fingerprint density at radius 3 is 2.67 bits per heavy atom. The van der Waals surface area contributed by atoms with Gasteiger partial charge in [0.2, 0.25) is 11.8 Å². The number of H-pyrrole nitrogens is 1. The molecule has 1 N–H and O–H groups in total. The maximum Gasteiger partial charge on any atom is 0.256 e. The van der Waals surface area contributed by atoms with Crippen LogP contribution in [0.3, 0.4) is 0 Å². The van der Waals surface area contributed by atoms with Crippen LogP contribution in [-0.2, 0) is 27.3 Å². The van der Waals surface area contributed by atoms with Crippen molar-refractivity contribution in [2.45, 2.75) is 70.4 Å². The van der Waals surface area contributed by atoms with Crippen LogP contribution in [0.25, 0.3) is 0 Å². The van der Waals surface area contributed by atoms with Crippen LogP contribution in [-0.4, -0.2) is 58.4 Å². The maximum absolute atomic E-state index is 12.8. The number of methoxy groups -OCH3 is 1. The first-order valence-electron chi connectivity index (χ1n) is 11.2. The first-order valence-corrected chi connectivity index (χ1v) is 11.2. The van der Waals surface area contributed by atoms with Gasteiger partial charge in [-0.05, 0) is 31.6 Å². The van der Waals surface area contributed by atoms with Crippen LogP contribution in [0.4, 0.5) is 0 Å². The summed E-state index contributed by atoms with van der Waals surface area (Å²) in [5, 5.41) is 0. The number of carbonyl (C=O) groups is 2. The highest BCUT2D eigenvalue weighted by atomic mass is 16.5. The van der Waals surface area contributed by atoms with Crippen molar-refractivity contribution in [3.63, 3.8) is 0 Å². The average molecular weight is 417 g/mol. The molecule has 1 atom stereocenters. The number of hydrogen-bond acceptors (Lipinski definition) is 5. The van der Waals surface area contributed by atoms with Crippen LogP contribution in [0.15, 0.2) is 4.79 Å². The fraction of sp³-hybridized carbons (Fsp3) is 0.727. The van der Waals surface area contributed by atoms with E-state index in [1.54, 1.807) is 4.90 Å². The number of aromatic amines is 1. The molecular weight excluding hydrogens is 384 g/mol. The number of nitrogens with one attached hydrogen (secondary N) is 1. The lowest BCUT2D eigenvalue weighted by atomic mass is 9.86. The SMILES string of the molecule is COCC(=O)N1CCCC1c1nc2c(c(=O)[nH]1)CN(C(=O)CC1CCCCC1)CC2. The monoisotopic (exact) mass is 416 g/mol. The van der Waals surface area contributed by atoms with E-state index in [9.17, 15) is 14.4 Å². The average Bonchev–Trinajstić information content (AvgIpc) is 3.24. The number of rotatable bonds is 5. The zero-order valence-corrected chi connectivity index (χ0v) is 17.8. The molecule has 2 fully saturated rings. The van der Waals surface area contributed by atoms with Crippen LogP contribution in [0, 0.1) is 5.92 Å². The maximum atomic E-state index is 12.8. The zero-order valence-electron chi connectivity index (χ0n) is 17.8. The lowest BCUT2D eigenvalue weighted by molar-refractivity contribution is -0.136. The minimum atomic E-state index is -0.211. The zero-order chi connectivity index (χ0) is 21.1. The van der Waals surface area contributed by atoms with Gasteiger partial charge in [0.25, 0.3) is 5.56 Å². The molecule has 2 amide bonds. The third-order valence-corrected chi connectivity index (χ3v) is 6.78. The predicted octanol–water partition coefficient (Wildman–Crippen LogP) is 1.93. The van der Waals surface area contributed by atoms with Gasteiger partial charge in [-0.3, -0.25) is 14.4 Å². The van der Waals surface area contributed by atoms with E-state index in [-0.39, 0.29) is 30.0 Å². The van der Waals surface area contributed by atoms with Crippen LogP contribution in [0.5, 0.6) is 0 Å². The van der Waals surface area contributed by atoms with Crippen molar-refractivity contribution in [2.24, 2.45) is 5.92 Å². The summed E-state index contributed by atoms with van der Waals surface area (Å²) in [5.74, 6) is 1.12. The highest BCUT2D eigenvalue weighted by Gasteiger charge is 2.33. The Balaban J connectivity index is 1.46. The van der Waals surface area contributed by atoms with Crippen molar-refractivity contribution in [3.05, 3.63) is 27.4 Å². The van der Waals surface area contributed by atoms with E-state index in [4.69, 9.17) is 9.72 Å². The molecule has 0 spiro atoms. The van der Waals surface area contributed by atoms with E-state index in [0.717, 1.165) is 31.4 Å². The Hall–Kier alpha value is -2.22. The van der Waals surface area contributed by atoms with Crippen LogP contribution in [0.1, 0.15) is 74.5 Å².